The van der Waals surface area contributed by atoms with Gasteiger partial charge in [0.1, 0.15) is 0 Å². The van der Waals surface area contributed by atoms with Crippen molar-refractivity contribution in [1.82, 2.24) is 0 Å². The molecule has 0 unspecified atom stereocenters. The Morgan fingerprint density at radius 2 is 1.00 bits per heavy atom. The van der Waals surface area contributed by atoms with Gasteiger partial charge in [0.25, 0.3) is 0 Å². The second-order valence-corrected chi connectivity index (χ2v) is 11.3. The Labute approximate surface area is 218 Å². The van der Waals surface area contributed by atoms with Crippen molar-refractivity contribution >= 4 is 55.7 Å². The minimum Gasteiger partial charge on any atom is -0.399 e. The van der Waals surface area contributed by atoms with Crippen molar-refractivity contribution < 1.29 is 9.31 Å². The van der Waals surface area contributed by atoms with Crippen LogP contribution in [0.5, 0.6) is 0 Å². The summed E-state index contributed by atoms with van der Waals surface area (Å²) < 4.78 is 12.5. The van der Waals surface area contributed by atoms with Crippen LogP contribution in [-0.4, -0.2) is 18.3 Å². The van der Waals surface area contributed by atoms with Crippen LogP contribution in [0.25, 0.3) is 54.2 Å². The zero-order valence-electron chi connectivity index (χ0n) is 21.7. The Balaban J connectivity index is 1.29. The number of fused-ring (bicyclic) bond motifs is 6. The van der Waals surface area contributed by atoms with Crippen LogP contribution in [-0.2, 0) is 9.31 Å². The largest absolute Gasteiger partial charge is 0.494 e. The van der Waals surface area contributed by atoms with Gasteiger partial charge in [0.15, 0.2) is 0 Å². The molecule has 180 valence electrons. The number of hydrogen-bond acceptors (Lipinski definition) is 2. The predicted octanol–water partition coefficient (Wildman–Crippen LogP) is 8.27. The van der Waals surface area contributed by atoms with Gasteiger partial charge in [0.2, 0.25) is 0 Å². The van der Waals surface area contributed by atoms with Gasteiger partial charge in [-0.15, -0.1) is 0 Å². The molecule has 1 heterocycles. The molecular formula is C34H29BO2. The molecule has 0 bridgehead atoms. The first-order chi connectivity index (χ1) is 17.8. The van der Waals surface area contributed by atoms with Crippen molar-refractivity contribution in [2.45, 2.75) is 38.9 Å². The van der Waals surface area contributed by atoms with E-state index in [0.717, 1.165) is 5.46 Å². The maximum atomic E-state index is 6.27. The van der Waals surface area contributed by atoms with Gasteiger partial charge in [-0.25, -0.2) is 0 Å². The van der Waals surface area contributed by atoms with Crippen LogP contribution in [0.1, 0.15) is 27.7 Å². The average Bonchev–Trinajstić information content (AvgIpc) is 3.13. The summed E-state index contributed by atoms with van der Waals surface area (Å²) in [6.07, 6.45) is 0. The Kier molecular flexibility index (Phi) is 4.82. The molecule has 1 aliphatic rings. The molecule has 0 aromatic heterocycles. The lowest BCUT2D eigenvalue weighted by Crippen LogP contribution is -2.41. The summed E-state index contributed by atoms with van der Waals surface area (Å²) in [6, 6.07) is 37.7. The van der Waals surface area contributed by atoms with E-state index in [0.29, 0.717) is 0 Å². The van der Waals surface area contributed by atoms with Gasteiger partial charge < -0.3 is 9.31 Å². The van der Waals surface area contributed by atoms with Crippen molar-refractivity contribution in [3.05, 3.63) is 103 Å². The van der Waals surface area contributed by atoms with Gasteiger partial charge in [0.05, 0.1) is 11.2 Å². The molecule has 1 aliphatic heterocycles. The zero-order valence-corrected chi connectivity index (χ0v) is 21.7. The minimum atomic E-state index is -0.348. The van der Waals surface area contributed by atoms with Crippen LogP contribution in [0.15, 0.2) is 103 Å². The molecule has 0 N–H and O–H groups in total. The van der Waals surface area contributed by atoms with Crippen LogP contribution in [0.4, 0.5) is 0 Å². The molecule has 2 nitrogen and oxygen atoms in total. The highest BCUT2D eigenvalue weighted by molar-refractivity contribution is 6.62. The Morgan fingerprint density at radius 1 is 0.459 bits per heavy atom. The van der Waals surface area contributed by atoms with Crippen molar-refractivity contribution in [1.29, 1.82) is 0 Å². The first kappa shape index (κ1) is 22.5. The van der Waals surface area contributed by atoms with E-state index in [9.17, 15) is 0 Å². The highest BCUT2D eigenvalue weighted by Gasteiger charge is 2.51. The van der Waals surface area contributed by atoms with E-state index in [1.165, 1.54) is 54.2 Å². The zero-order chi connectivity index (χ0) is 25.4. The lowest BCUT2D eigenvalue weighted by molar-refractivity contribution is 0.00578. The van der Waals surface area contributed by atoms with Crippen LogP contribution in [0, 0.1) is 0 Å². The van der Waals surface area contributed by atoms with Gasteiger partial charge in [-0.1, -0.05) is 91.0 Å². The summed E-state index contributed by atoms with van der Waals surface area (Å²) in [5.74, 6) is 0. The van der Waals surface area contributed by atoms with Crippen molar-refractivity contribution in [3.63, 3.8) is 0 Å². The third-order valence-corrected chi connectivity index (χ3v) is 8.47. The number of rotatable bonds is 2. The predicted molar refractivity (Wildman–Crippen MR) is 158 cm³/mol. The SMILES string of the molecule is CC1(C)OB(c2ccc3cc(-c4ccc5ccc6c7ccccc7ccc6c5c4)ccc3c2)OC1(C)C. The van der Waals surface area contributed by atoms with Crippen molar-refractivity contribution in [3.8, 4) is 11.1 Å². The van der Waals surface area contributed by atoms with E-state index in [1.807, 2.05) is 0 Å². The third-order valence-electron chi connectivity index (χ3n) is 8.47. The molecule has 7 rings (SSSR count). The molecule has 0 amide bonds. The monoisotopic (exact) mass is 480 g/mol. The highest BCUT2D eigenvalue weighted by Crippen LogP contribution is 2.37. The summed E-state index contributed by atoms with van der Waals surface area (Å²) >= 11 is 0. The Hall–Kier alpha value is -3.66. The van der Waals surface area contributed by atoms with Crippen molar-refractivity contribution in [2.24, 2.45) is 0 Å². The maximum absolute atomic E-state index is 6.27. The lowest BCUT2D eigenvalue weighted by atomic mass is 9.78. The van der Waals surface area contributed by atoms with E-state index in [4.69, 9.17) is 9.31 Å². The van der Waals surface area contributed by atoms with Crippen LogP contribution < -0.4 is 5.46 Å². The van der Waals surface area contributed by atoms with E-state index < -0.39 is 0 Å². The first-order valence-corrected chi connectivity index (χ1v) is 13.0. The summed E-state index contributed by atoms with van der Waals surface area (Å²) in [4.78, 5) is 0. The molecule has 0 atom stereocenters. The molecule has 6 aromatic rings. The van der Waals surface area contributed by atoms with Gasteiger partial charge >= 0.3 is 7.12 Å². The van der Waals surface area contributed by atoms with Crippen LogP contribution in [0.3, 0.4) is 0 Å². The van der Waals surface area contributed by atoms with Gasteiger partial charge in [0, 0.05) is 0 Å². The molecule has 0 aliphatic carbocycles. The summed E-state index contributed by atoms with van der Waals surface area (Å²) in [5.41, 5.74) is 2.82. The Bertz CT molecular complexity index is 1830. The maximum Gasteiger partial charge on any atom is 0.494 e. The normalized spacial score (nSPS) is 16.8. The van der Waals surface area contributed by atoms with Gasteiger partial charge in [-0.2, -0.15) is 0 Å². The standard InChI is InChI=1S/C34H29BO2/c1-33(2)34(3,4)37-35(36-33)28-16-13-25-19-24(11-12-26(25)20-28)27-10-9-23-15-17-30-29-8-6-5-7-22(29)14-18-31(30)32(23)21-27/h5-21H,1-4H3. The smallest absolute Gasteiger partial charge is 0.399 e. The van der Waals surface area contributed by atoms with Gasteiger partial charge in [-0.05, 0) is 99.5 Å². The number of hydrogen-bond donors (Lipinski definition) is 0. The second-order valence-electron chi connectivity index (χ2n) is 11.3. The molecule has 1 saturated heterocycles. The van der Waals surface area contributed by atoms with Crippen LogP contribution >= 0.6 is 0 Å². The van der Waals surface area contributed by atoms with E-state index in [2.05, 4.69) is 131 Å². The molecule has 0 radical (unpaired) electrons. The third kappa shape index (κ3) is 3.57. The fraction of sp³-hybridized carbons (Fsp3) is 0.176. The summed E-state index contributed by atoms with van der Waals surface area (Å²) in [6.45, 7) is 8.37. The molecule has 0 saturated carbocycles. The summed E-state index contributed by atoms with van der Waals surface area (Å²) in [5, 5.41) is 10.1. The Morgan fingerprint density at radius 3 is 1.76 bits per heavy atom. The molecule has 0 spiro atoms. The quantitative estimate of drug-likeness (QED) is 0.183. The minimum absolute atomic E-state index is 0.344. The van der Waals surface area contributed by atoms with E-state index in [1.54, 1.807) is 0 Å². The fourth-order valence-electron chi connectivity index (χ4n) is 5.57. The van der Waals surface area contributed by atoms with Crippen LogP contribution in [0.2, 0.25) is 0 Å². The highest BCUT2D eigenvalue weighted by atomic mass is 16.7. The molecule has 6 aromatic carbocycles. The summed E-state index contributed by atoms with van der Waals surface area (Å²) in [7, 11) is -0.348. The molecule has 37 heavy (non-hydrogen) atoms. The average molecular weight is 480 g/mol. The fourth-order valence-corrected chi connectivity index (χ4v) is 5.57. The molecule has 3 heteroatoms. The van der Waals surface area contributed by atoms with Gasteiger partial charge in [-0.3, -0.25) is 0 Å². The van der Waals surface area contributed by atoms with E-state index in [-0.39, 0.29) is 18.3 Å². The first-order valence-electron chi connectivity index (χ1n) is 13.0. The number of benzene rings is 6. The van der Waals surface area contributed by atoms with Crippen molar-refractivity contribution in [2.75, 3.05) is 0 Å². The molecule has 1 fully saturated rings. The molecular weight excluding hydrogens is 451 g/mol. The lowest BCUT2D eigenvalue weighted by Gasteiger charge is -2.32. The second kappa shape index (κ2) is 7.92. The topological polar surface area (TPSA) is 18.5 Å². The van der Waals surface area contributed by atoms with E-state index >= 15 is 0 Å².